The Balaban J connectivity index is 1.76. The standard InChI is InChI=1S/C14H23BrN4O/c1-18(2)5-6-19-14(11(15)8-17-19)13(16)10-7-9-3-4-12(10)20-9/h8-10,12-13H,3-7,16H2,1-2H3. The van der Waals surface area contributed by atoms with Crippen molar-refractivity contribution in [3.63, 3.8) is 0 Å². The molecule has 2 bridgehead atoms. The summed E-state index contributed by atoms with van der Waals surface area (Å²) >= 11 is 3.61. The maximum Gasteiger partial charge on any atom is 0.0697 e. The molecule has 0 radical (unpaired) electrons. The summed E-state index contributed by atoms with van der Waals surface area (Å²) in [6, 6.07) is 0.00402. The van der Waals surface area contributed by atoms with Crippen LogP contribution in [0.25, 0.3) is 0 Å². The van der Waals surface area contributed by atoms with Crippen LogP contribution in [-0.4, -0.2) is 47.5 Å². The molecule has 0 spiro atoms. The number of hydrogen-bond acceptors (Lipinski definition) is 4. The lowest BCUT2D eigenvalue weighted by atomic mass is 9.83. The molecule has 20 heavy (non-hydrogen) atoms. The summed E-state index contributed by atoms with van der Waals surface area (Å²) in [7, 11) is 4.14. The van der Waals surface area contributed by atoms with E-state index in [9.17, 15) is 0 Å². The Morgan fingerprint density at radius 1 is 1.55 bits per heavy atom. The van der Waals surface area contributed by atoms with E-state index in [1.54, 1.807) is 0 Å². The van der Waals surface area contributed by atoms with Gasteiger partial charge in [-0.2, -0.15) is 5.10 Å². The topological polar surface area (TPSA) is 56.3 Å². The monoisotopic (exact) mass is 342 g/mol. The van der Waals surface area contributed by atoms with Gasteiger partial charge in [0.1, 0.15) is 0 Å². The van der Waals surface area contributed by atoms with Gasteiger partial charge >= 0.3 is 0 Å². The number of nitrogens with zero attached hydrogens (tertiary/aromatic N) is 3. The van der Waals surface area contributed by atoms with E-state index in [1.165, 1.54) is 6.42 Å². The lowest BCUT2D eigenvalue weighted by Crippen LogP contribution is -2.32. The molecule has 6 heteroatoms. The molecule has 0 aliphatic carbocycles. The second kappa shape index (κ2) is 5.75. The first kappa shape index (κ1) is 14.5. The number of fused-ring (bicyclic) bond motifs is 2. The van der Waals surface area contributed by atoms with Crippen LogP contribution in [0, 0.1) is 5.92 Å². The largest absolute Gasteiger partial charge is 0.375 e. The van der Waals surface area contributed by atoms with Crippen molar-refractivity contribution in [3.8, 4) is 0 Å². The number of aromatic nitrogens is 2. The molecule has 2 fully saturated rings. The molecule has 0 amide bonds. The van der Waals surface area contributed by atoms with Crippen LogP contribution in [-0.2, 0) is 11.3 Å². The van der Waals surface area contributed by atoms with E-state index in [0.717, 1.165) is 36.1 Å². The van der Waals surface area contributed by atoms with Crippen molar-refractivity contribution in [1.82, 2.24) is 14.7 Å². The molecular weight excluding hydrogens is 320 g/mol. The fourth-order valence-electron chi connectivity index (χ4n) is 3.43. The number of likely N-dealkylation sites (N-methyl/N-ethyl adjacent to an activating group) is 1. The molecular formula is C14H23BrN4O. The number of hydrogen-bond donors (Lipinski definition) is 1. The lowest BCUT2D eigenvalue weighted by molar-refractivity contribution is 0.0878. The van der Waals surface area contributed by atoms with E-state index in [0.29, 0.717) is 18.1 Å². The van der Waals surface area contributed by atoms with Crippen molar-refractivity contribution in [2.75, 3.05) is 20.6 Å². The number of halogens is 1. The Hall–Kier alpha value is -0.430. The lowest BCUT2D eigenvalue weighted by Gasteiger charge is -2.26. The first-order valence-corrected chi connectivity index (χ1v) is 8.12. The van der Waals surface area contributed by atoms with Crippen molar-refractivity contribution in [1.29, 1.82) is 0 Å². The zero-order chi connectivity index (χ0) is 14.3. The highest BCUT2D eigenvalue weighted by molar-refractivity contribution is 9.10. The fraction of sp³-hybridized carbons (Fsp3) is 0.786. The molecule has 1 aromatic heterocycles. The Labute approximate surface area is 128 Å². The molecule has 2 N–H and O–H groups in total. The summed E-state index contributed by atoms with van der Waals surface area (Å²) in [6.07, 6.45) is 6.10. The average molecular weight is 343 g/mol. The van der Waals surface area contributed by atoms with Crippen molar-refractivity contribution < 1.29 is 4.74 Å². The quantitative estimate of drug-likeness (QED) is 0.885. The molecule has 112 valence electrons. The zero-order valence-electron chi connectivity index (χ0n) is 12.1. The third-order valence-electron chi connectivity index (χ3n) is 4.52. The van der Waals surface area contributed by atoms with Crippen LogP contribution in [0.3, 0.4) is 0 Å². The van der Waals surface area contributed by atoms with Crippen LogP contribution in [0.2, 0.25) is 0 Å². The molecule has 2 aliphatic rings. The highest BCUT2D eigenvalue weighted by Gasteiger charge is 2.44. The fourth-order valence-corrected chi connectivity index (χ4v) is 3.99. The van der Waals surface area contributed by atoms with Gasteiger partial charge in [0.15, 0.2) is 0 Å². The highest BCUT2D eigenvalue weighted by Crippen LogP contribution is 2.44. The predicted molar refractivity (Wildman–Crippen MR) is 81.4 cm³/mol. The van der Waals surface area contributed by atoms with Crippen LogP contribution in [0.4, 0.5) is 0 Å². The Morgan fingerprint density at radius 2 is 2.35 bits per heavy atom. The van der Waals surface area contributed by atoms with Crippen LogP contribution >= 0.6 is 15.9 Å². The minimum atomic E-state index is 0.00402. The summed E-state index contributed by atoms with van der Waals surface area (Å²) in [5.41, 5.74) is 7.67. The summed E-state index contributed by atoms with van der Waals surface area (Å²) in [6.45, 7) is 1.82. The molecule has 2 saturated heterocycles. The van der Waals surface area contributed by atoms with Gasteiger partial charge in [-0.05, 0) is 49.3 Å². The maximum atomic E-state index is 6.55. The van der Waals surface area contributed by atoms with Crippen LogP contribution in [0.5, 0.6) is 0 Å². The van der Waals surface area contributed by atoms with Gasteiger partial charge in [0.25, 0.3) is 0 Å². The van der Waals surface area contributed by atoms with Gasteiger partial charge in [-0.15, -0.1) is 0 Å². The van der Waals surface area contributed by atoms with Gasteiger partial charge in [0, 0.05) is 12.5 Å². The Kier molecular flexibility index (Phi) is 4.17. The van der Waals surface area contributed by atoms with E-state index >= 15 is 0 Å². The van der Waals surface area contributed by atoms with Gasteiger partial charge in [-0.1, -0.05) is 0 Å². The van der Waals surface area contributed by atoms with Gasteiger partial charge < -0.3 is 15.4 Å². The zero-order valence-corrected chi connectivity index (χ0v) is 13.7. The third-order valence-corrected chi connectivity index (χ3v) is 5.13. The molecule has 4 unspecified atom stereocenters. The van der Waals surface area contributed by atoms with Crippen LogP contribution < -0.4 is 5.73 Å². The second-order valence-corrected chi connectivity index (χ2v) is 7.06. The predicted octanol–water partition coefficient (Wildman–Crippen LogP) is 1.77. The molecule has 1 aromatic rings. The SMILES string of the molecule is CN(C)CCn1ncc(Br)c1C(N)C1CC2CCC1O2. The average Bonchev–Trinajstić information content (AvgIpc) is 3.10. The summed E-state index contributed by atoms with van der Waals surface area (Å²) in [4.78, 5) is 2.16. The van der Waals surface area contributed by atoms with Crippen LogP contribution in [0.15, 0.2) is 10.7 Å². The first-order chi connectivity index (χ1) is 9.56. The van der Waals surface area contributed by atoms with Crippen molar-refractivity contribution >= 4 is 15.9 Å². The van der Waals surface area contributed by atoms with E-state index in [1.807, 2.05) is 10.9 Å². The number of rotatable bonds is 5. The van der Waals surface area contributed by atoms with Crippen LogP contribution in [0.1, 0.15) is 31.0 Å². The Morgan fingerprint density at radius 3 is 2.95 bits per heavy atom. The van der Waals surface area contributed by atoms with Crippen molar-refractivity contribution in [3.05, 3.63) is 16.4 Å². The molecule has 5 nitrogen and oxygen atoms in total. The first-order valence-electron chi connectivity index (χ1n) is 7.33. The number of ether oxygens (including phenoxy) is 1. The molecule has 3 heterocycles. The van der Waals surface area contributed by atoms with Gasteiger partial charge in [0.2, 0.25) is 0 Å². The smallest absolute Gasteiger partial charge is 0.0697 e. The molecule has 0 aromatic carbocycles. The molecule has 2 aliphatic heterocycles. The summed E-state index contributed by atoms with van der Waals surface area (Å²) < 4.78 is 9.01. The maximum absolute atomic E-state index is 6.55. The Bertz CT molecular complexity index is 476. The second-order valence-electron chi connectivity index (χ2n) is 6.20. The van der Waals surface area contributed by atoms with Gasteiger partial charge in [0.05, 0.1) is 41.2 Å². The van der Waals surface area contributed by atoms with Crippen molar-refractivity contribution in [2.45, 2.75) is 44.1 Å². The normalized spacial score (nSPS) is 30.4. The van der Waals surface area contributed by atoms with Gasteiger partial charge in [-0.3, -0.25) is 4.68 Å². The molecule has 0 saturated carbocycles. The van der Waals surface area contributed by atoms with E-state index in [-0.39, 0.29) is 6.04 Å². The third kappa shape index (κ3) is 2.66. The highest BCUT2D eigenvalue weighted by atomic mass is 79.9. The summed E-state index contributed by atoms with van der Waals surface area (Å²) in [5, 5.41) is 4.46. The minimum absolute atomic E-state index is 0.00402. The molecule has 3 rings (SSSR count). The van der Waals surface area contributed by atoms with E-state index < -0.39 is 0 Å². The number of nitrogens with two attached hydrogens (primary N) is 1. The van der Waals surface area contributed by atoms with Gasteiger partial charge in [-0.25, -0.2) is 0 Å². The summed E-state index contributed by atoms with van der Waals surface area (Å²) in [5.74, 6) is 0.430. The van der Waals surface area contributed by atoms with E-state index in [4.69, 9.17) is 10.5 Å². The minimum Gasteiger partial charge on any atom is -0.375 e. The van der Waals surface area contributed by atoms with E-state index in [2.05, 4.69) is 40.0 Å². The molecule has 4 atom stereocenters. The van der Waals surface area contributed by atoms with Crippen molar-refractivity contribution in [2.24, 2.45) is 11.7 Å².